The number of unbranched alkanes of at least 4 members (excludes halogenated alkanes) is 9. The average Bonchev–Trinajstić information content (AvgIpc) is 2.42. The summed E-state index contributed by atoms with van der Waals surface area (Å²) in [5.74, 6) is 2.11. The van der Waals surface area contributed by atoms with Crippen LogP contribution in [0.4, 0.5) is 0 Å². The summed E-state index contributed by atoms with van der Waals surface area (Å²) in [6.45, 7) is 8.86. The zero-order chi connectivity index (χ0) is 16.7. The van der Waals surface area contributed by atoms with Crippen LogP contribution < -0.4 is 0 Å². The van der Waals surface area contributed by atoms with E-state index in [1.165, 1.54) is 70.0 Å². The Bertz CT molecular complexity index is 226. The SMILES string of the molecule is CCCCCCCCCCCCSSCC(O)CC(C)(C)C. The van der Waals surface area contributed by atoms with Crippen LogP contribution in [-0.2, 0) is 0 Å². The molecule has 1 N–H and O–H groups in total. The van der Waals surface area contributed by atoms with Gasteiger partial charge in [0.15, 0.2) is 0 Å². The highest BCUT2D eigenvalue weighted by Crippen LogP contribution is 2.28. The van der Waals surface area contributed by atoms with Gasteiger partial charge < -0.3 is 5.11 Å². The molecule has 0 saturated heterocycles. The van der Waals surface area contributed by atoms with E-state index in [0.29, 0.717) is 0 Å². The van der Waals surface area contributed by atoms with Crippen molar-refractivity contribution < 1.29 is 5.11 Å². The highest BCUT2D eigenvalue weighted by Gasteiger charge is 2.16. The minimum Gasteiger partial charge on any atom is -0.392 e. The van der Waals surface area contributed by atoms with E-state index in [9.17, 15) is 5.11 Å². The summed E-state index contributed by atoms with van der Waals surface area (Å²) in [5.41, 5.74) is 0.237. The van der Waals surface area contributed by atoms with Crippen LogP contribution in [0.15, 0.2) is 0 Å². The quantitative estimate of drug-likeness (QED) is 0.252. The van der Waals surface area contributed by atoms with E-state index in [-0.39, 0.29) is 11.5 Å². The van der Waals surface area contributed by atoms with Gasteiger partial charge in [-0.25, -0.2) is 0 Å². The number of aliphatic hydroxyl groups excluding tert-OH is 1. The van der Waals surface area contributed by atoms with Gasteiger partial charge >= 0.3 is 0 Å². The molecule has 134 valence electrons. The first-order valence-corrected chi connectivity index (χ1v) is 11.9. The van der Waals surface area contributed by atoms with E-state index in [0.717, 1.165) is 12.2 Å². The summed E-state index contributed by atoms with van der Waals surface area (Å²) >= 11 is 0. The lowest BCUT2D eigenvalue weighted by atomic mass is 9.90. The van der Waals surface area contributed by atoms with Crippen LogP contribution in [0, 0.1) is 5.41 Å². The minimum absolute atomic E-state index is 0.148. The van der Waals surface area contributed by atoms with E-state index in [4.69, 9.17) is 0 Å². The summed E-state index contributed by atoms with van der Waals surface area (Å²) < 4.78 is 0. The highest BCUT2D eigenvalue weighted by atomic mass is 33.1. The fourth-order valence-corrected chi connectivity index (χ4v) is 4.88. The van der Waals surface area contributed by atoms with Gasteiger partial charge in [-0.15, -0.1) is 0 Å². The molecule has 1 unspecified atom stereocenters. The fraction of sp³-hybridized carbons (Fsp3) is 1.00. The van der Waals surface area contributed by atoms with Gasteiger partial charge in [-0.3, -0.25) is 0 Å². The Morgan fingerprint density at radius 3 is 1.77 bits per heavy atom. The molecule has 0 heterocycles. The first-order chi connectivity index (χ1) is 10.5. The number of hydrogen-bond donors (Lipinski definition) is 1. The van der Waals surface area contributed by atoms with Crippen molar-refractivity contribution in [1.82, 2.24) is 0 Å². The molecule has 1 atom stereocenters. The maximum Gasteiger partial charge on any atom is 0.0643 e. The van der Waals surface area contributed by atoms with Crippen molar-refractivity contribution in [3.05, 3.63) is 0 Å². The number of aliphatic hydroxyl groups is 1. The van der Waals surface area contributed by atoms with Crippen molar-refractivity contribution in [3.63, 3.8) is 0 Å². The number of hydrogen-bond acceptors (Lipinski definition) is 3. The molecule has 3 heteroatoms. The van der Waals surface area contributed by atoms with Gasteiger partial charge in [0, 0.05) is 11.5 Å². The van der Waals surface area contributed by atoms with E-state index in [2.05, 4.69) is 27.7 Å². The summed E-state index contributed by atoms with van der Waals surface area (Å²) in [6.07, 6.45) is 14.8. The van der Waals surface area contributed by atoms with Crippen molar-refractivity contribution in [2.24, 2.45) is 5.41 Å². The van der Waals surface area contributed by atoms with Gasteiger partial charge in [-0.1, -0.05) is 107 Å². The van der Waals surface area contributed by atoms with Gasteiger partial charge in [-0.2, -0.15) is 0 Å². The molecule has 22 heavy (non-hydrogen) atoms. The minimum atomic E-state index is -0.148. The zero-order valence-corrected chi connectivity index (χ0v) is 17.2. The first kappa shape index (κ1) is 22.7. The third-order valence-electron chi connectivity index (χ3n) is 3.77. The summed E-state index contributed by atoms with van der Waals surface area (Å²) in [7, 11) is 3.79. The van der Waals surface area contributed by atoms with Crippen LogP contribution in [0.1, 0.15) is 98.3 Å². The predicted molar refractivity (Wildman–Crippen MR) is 107 cm³/mol. The molecule has 0 spiro atoms. The lowest BCUT2D eigenvalue weighted by Gasteiger charge is -2.21. The fourth-order valence-electron chi connectivity index (χ4n) is 2.60. The zero-order valence-electron chi connectivity index (χ0n) is 15.5. The molecule has 0 bridgehead atoms. The van der Waals surface area contributed by atoms with E-state index < -0.39 is 0 Å². The van der Waals surface area contributed by atoms with Crippen LogP contribution in [0.25, 0.3) is 0 Å². The third-order valence-corrected chi connectivity index (χ3v) is 6.32. The number of rotatable bonds is 15. The van der Waals surface area contributed by atoms with Gasteiger partial charge in [0.25, 0.3) is 0 Å². The average molecular weight is 349 g/mol. The Morgan fingerprint density at radius 2 is 1.27 bits per heavy atom. The van der Waals surface area contributed by atoms with Gasteiger partial charge in [0.05, 0.1) is 6.10 Å². The molecule has 1 nitrogen and oxygen atoms in total. The summed E-state index contributed by atoms with van der Waals surface area (Å²) in [5, 5.41) is 9.93. The van der Waals surface area contributed by atoms with E-state index in [1.54, 1.807) is 0 Å². The molecule has 0 radical (unpaired) electrons. The lowest BCUT2D eigenvalue weighted by molar-refractivity contribution is 0.142. The van der Waals surface area contributed by atoms with Crippen molar-refractivity contribution in [1.29, 1.82) is 0 Å². The Balaban J connectivity index is 3.14. The molecule has 0 fully saturated rings. The molecule has 0 aromatic heterocycles. The van der Waals surface area contributed by atoms with Crippen LogP contribution in [0.5, 0.6) is 0 Å². The van der Waals surface area contributed by atoms with Crippen molar-refractivity contribution in [2.45, 2.75) is 104 Å². The van der Waals surface area contributed by atoms with Gasteiger partial charge in [0.2, 0.25) is 0 Å². The molecular weight excluding hydrogens is 308 g/mol. The van der Waals surface area contributed by atoms with Crippen LogP contribution >= 0.6 is 21.6 Å². The van der Waals surface area contributed by atoms with Crippen LogP contribution in [-0.4, -0.2) is 22.7 Å². The maximum absolute atomic E-state index is 9.93. The van der Waals surface area contributed by atoms with Crippen molar-refractivity contribution in [3.8, 4) is 0 Å². The Morgan fingerprint density at radius 1 is 0.773 bits per heavy atom. The van der Waals surface area contributed by atoms with Crippen molar-refractivity contribution in [2.75, 3.05) is 11.5 Å². The van der Waals surface area contributed by atoms with E-state index >= 15 is 0 Å². The molecule has 0 aliphatic heterocycles. The monoisotopic (exact) mass is 348 g/mol. The molecule has 0 saturated carbocycles. The van der Waals surface area contributed by atoms with E-state index in [1.807, 2.05) is 21.6 Å². The molecule has 0 rings (SSSR count). The smallest absolute Gasteiger partial charge is 0.0643 e. The van der Waals surface area contributed by atoms with Crippen LogP contribution in [0.3, 0.4) is 0 Å². The molecule has 0 aliphatic rings. The summed E-state index contributed by atoms with van der Waals surface area (Å²) in [6, 6.07) is 0. The van der Waals surface area contributed by atoms with Crippen LogP contribution in [0.2, 0.25) is 0 Å². The third kappa shape index (κ3) is 18.7. The maximum atomic E-state index is 9.93. The molecule has 0 aromatic carbocycles. The largest absolute Gasteiger partial charge is 0.392 e. The standard InChI is InChI=1S/C19H40OS2/c1-5-6-7-8-9-10-11-12-13-14-15-21-22-17-18(20)16-19(2,3)4/h18,20H,5-17H2,1-4H3. The Labute approximate surface area is 148 Å². The Kier molecular flexibility index (Phi) is 15.7. The Hall–Kier alpha value is 0.660. The van der Waals surface area contributed by atoms with Gasteiger partial charge in [0.1, 0.15) is 0 Å². The second-order valence-electron chi connectivity index (χ2n) is 7.71. The molecule has 0 aromatic rings. The summed E-state index contributed by atoms with van der Waals surface area (Å²) in [4.78, 5) is 0. The molecular formula is C19H40OS2. The lowest BCUT2D eigenvalue weighted by Crippen LogP contribution is -2.19. The topological polar surface area (TPSA) is 20.2 Å². The normalized spacial score (nSPS) is 13.5. The molecule has 0 aliphatic carbocycles. The first-order valence-electron chi connectivity index (χ1n) is 9.38. The van der Waals surface area contributed by atoms with Gasteiger partial charge in [-0.05, 0) is 18.3 Å². The van der Waals surface area contributed by atoms with Crippen molar-refractivity contribution >= 4 is 21.6 Å². The second-order valence-corrected chi connectivity index (χ2v) is 10.3. The molecule has 0 amide bonds. The predicted octanol–water partition coefficient (Wildman–Crippen LogP) is 7.09. The second kappa shape index (κ2) is 15.2. The highest BCUT2D eigenvalue weighted by molar-refractivity contribution is 8.76.